The van der Waals surface area contributed by atoms with Gasteiger partial charge in [-0.3, -0.25) is 0 Å². The highest BCUT2D eigenvalue weighted by atomic mass is 79.9. The van der Waals surface area contributed by atoms with Crippen molar-refractivity contribution in [2.45, 2.75) is 93.8 Å². The van der Waals surface area contributed by atoms with Gasteiger partial charge in [-0.1, -0.05) is 69.1 Å². The molecule has 0 aromatic carbocycles. The molecule has 25 heavy (non-hydrogen) atoms. The molecule has 0 aliphatic carbocycles. The van der Waals surface area contributed by atoms with Crippen LogP contribution >= 0.6 is 27.5 Å². The SMILES string of the molecule is CC(C)(C)[Si](C)(C)OC[C@H]1OC(=O)[C@](Cl)(Br)[C@@H]1O[Si](C)(C)C(C)(C)C. The summed E-state index contributed by atoms with van der Waals surface area (Å²) in [4.78, 5) is 12.3. The second-order valence-corrected chi connectivity index (χ2v) is 21.8. The third-order valence-electron chi connectivity index (χ3n) is 5.87. The van der Waals surface area contributed by atoms with Gasteiger partial charge in [0.05, 0.1) is 6.61 Å². The molecule has 1 aliphatic heterocycles. The Morgan fingerprint density at radius 2 is 1.52 bits per heavy atom. The maximum absolute atomic E-state index is 12.3. The molecule has 1 heterocycles. The van der Waals surface area contributed by atoms with E-state index in [1.165, 1.54) is 0 Å². The number of rotatable bonds is 5. The average Bonchev–Trinajstić information content (AvgIpc) is 2.57. The summed E-state index contributed by atoms with van der Waals surface area (Å²) in [6.45, 7) is 21.9. The summed E-state index contributed by atoms with van der Waals surface area (Å²) in [6, 6.07) is 0. The zero-order chi connectivity index (χ0) is 20.1. The number of esters is 1. The van der Waals surface area contributed by atoms with E-state index in [1.807, 2.05) is 0 Å². The van der Waals surface area contributed by atoms with Crippen molar-refractivity contribution in [3.63, 3.8) is 0 Å². The quantitative estimate of drug-likeness (QED) is 0.294. The third-order valence-corrected chi connectivity index (χ3v) is 16.0. The van der Waals surface area contributed by atoms with Crippen LogP contribution in [0.4, 0.5) is 0 Å². The van der Waals surface area contributed by atoms with Gasteiger partial charge in [-0.25, -0.2) is 4.79 Å². The van der Waals surface area contributed by atoms with Crippen molar-refractivity contribution in [2.75, 3.05) is 6.61 Å². The van der Waals surface area contributed by atoms with Gasteiger partial charge in [-0.05, 0) is 36.3 Å². The predicted octanol–water partition coefficient (Wildman–Crippen LogP) is 5.65. The van der Waals surface area contributed by atoms with Crippen LogP contribution in [0.5, 0.6) is 0 Å². The molecule has 1 fully saturated rings. The van der Waals surface area contributed by atoms with Crippen LogP contribution in [0.3, 0.4) is 0 Å². The standard InChI is InChI=1S/C17H34BrClO4Si2/c1-15(2,3)24(7,8)21-11-12-13(17(18,19)14(20)22-12)23-25(9,10)16(4,5)6/h12-13H,11H2,1-10H3/t12-,13-,17+/m1/s1. The molecular formula is C17H34BrClO4Si2. The lowest BCUT2D eigenvalue weighted by Gasteiger charge is -2.41. The predicted molar refractivity (Wildman–Crippen MR) is 113 cm³/mol. The molecule has 1 aliphatic rings. The van der Waals surface area contributed by atoms with Gasteiger partial charge in [-0.2, -0.15) is 0 Å². The number of carbonyl (C=O) groups excluding carboxylic acids is 1. The number of carbonyl (C=O) groups is 1. The van der Waals surface area contributed by atoms with Crippen LogP contribution in [0.2, 0.25) is 36.3 Å². The van der Waals surface area contributed by atoms with E-state index in [0.29, 0.717) is 6.61 Å². The molecule has 0 spiro atoms. The summed E-state index contributed by atoms with van der Waals surface area (Å²) >= 11 is 9.81. The van der Waals surface area contributed by atoms with Gasteiger partial charge in [0.2, 0.25) is 3.78 Å². The fourth-order valence-electron chi connectivity index (χ4n) is 1.90. The van der Waals surface area contributed by atoms with Crippen molar-refractivity contribution < 1.29 is 18.4 Å². The minimum Gasteiger partial charge on any atom is -0.455 e. The lowest BCUT2D eigenvalue weighted by molar-refractivity contribution is -0.143. The largest absolute Gasteiger partial charge is 0.455 e. The Labute approximate surface area is 168 Å². The Hall–Kier alpha value is 0.594. The molecule has 148 valence electrons. The number of hydrogen-bond acceptors (Lipinski definition) is 4. The Bertz CT molecular complexity index is 510. The van der Waals surface area contributed by atoms with Crippen LogP contribution in [-0.4, -0.2) is 45.2 Å². The Kier molecular flexibility index (Phi) is 6.81. The van der Waals surface area contributed by atoms with Crippen molar-refractivity contribution in [1.82, 2.24) is 0 Å². The Morgan fingerprint density at radius 1 is 1.08 bits per heavy atom. The van der Waals surface area contributed by atoms with Crippen molar-refractivity contribution in [3.8, 4) is 0 Å². The molecule has 1 rings (SSSR count). The molecule has 3 atom stereocenters. The molecule has 4 nitrogen and oxygen atoms in total. The van der Waals surface area contributed by atoms with E-state index in [0.717, 1.165) is 0 Å². The summed E-state index contributed by atoms with van der Waals surface area (Å²) in [5.74, 6) is -0.498. The van der Waals surface area contributed by atoms with Crippen LogP contribution in [-0.2, 0) is 18.4 Å². The number of halogens is 2. The van der Waals surface area contributed by atoms with Crippen LogP contribution in [0, 0.1) is 0 Å². The minimum atomic E-state index is -2.13. The fraction of sp³-hybridized carbons (Fsp3) is 0.941. The molecule has 0 radical (unpaired) electrons. The molecule has 0 aromatic heterocycles. The van der Waals surface area contributed by atoms with E-state index in [9.17, 15) is 4.79 Å². The average molecular weight is 474 g/mol. The monoisotopic (exact) mass is 472 g/mol. The second kappa shape index (κ2) is 7.20. The first-order chi connectivity index (χ1) is 10.8. The fourth-order valence-corrected chi connectivity index (χ4v) is 5.19. The first-order valence-corrected chi connectivity index (χ1v) is 15.7. The molecular weight excluding hydrogens is 440 g/mol. The van der Waals surface area contributed by atoms with Crippen molar-refractivity contribution in [2.24, 2.45) is 0 Å². The zero-order valence-electron chi connectivity index (χ0n) is 17.3. The molecule has 0 unspecified atom stereocenters. The summed E-state index contributed by atoms with van der Waals surface area (Å²) in [5, 5.41) is 0.0846. The molecule has 0 aromatic rings. The highest BCUT2D eigenvalue weighted by Gasteiger charge is 2.59. The van der Waals surface area contributed by atoms with Gasteiger partial charge in [0, 0.05) is 0 Å². The maximum atomic E-state index is 12.3. The maximum Gasteiger partial charge on any atom is 0.341 e. The third kappa shape index (κ3) is 5.10. The summed E-state index contributed by atoms with van der Waals surface area (Å²) < 4.78 is 16.9. The Morgan fingerprint density at radius 3 is 1.92 bits per heavy atom. The van der Waals surface area contributed by atoms with E-state index < -0.39 is 38.6 Å². The summed E-state index contributed by atoms with van der Waals surface area (Å²) in [5.41, 5.74) is 0. The molecule has 0 amide bonds. The van der Waals surface area contributed by atoms with Gasteiger partial charge in [0.25, 0.3) is 0 Å². The Balaban J connectivity index is 3.00. The van der Waals surface area contributed by atoms with Crippen molar-refractivity contribution in [3.05, 3.63) is 0 Å². The van der Waals surface area contributed by atoms with E-state index in [2.05, 4.69) is 83.7 Å². The normalized spacial score (nSPS) is 29.0. The van der Waals surface area contributed by atoms with E-state index >= 15 is 0 Å². The summed E-state index contributed by atoms with van der Waals surface area (Å²) in [7, 11) is -4.09. The van der Waals surface area contributed by atoms with Crippen LogP contribution in [0.15, 0.2) is 0 Å². The van der Waals surface area contributed by atoms with Gasteiger partial charge >= 0.3 is 5.97 Å². The molecule has 8 heteroatoms. The summed E-state index contributed by atoms with van der Waals surface area (Å²) in [6.07, 6.45) is -1.08. The highest BCUT2D eigenvalue weighted by molar-refractivity contribution is 9.10. The lowest BCUT2D eigenvalue weighted by Crippen LogP contribution is -2.52. The lowest BCUT2D eigenvalue weighted by atomic mass is 10.2. The number of hydrogen-bond donors (Lipinski definition) is 0. The van der Waals surface area contributed by atoms with Crippen LogP contribution in [0.25, 0.3) is 0 Å². The topological polar surface area (TPSA) is 44.8 Å². The van der Waals surface area contributed by atoms with Gasteiger partial charge in [-0.15, -0.1) is 0 Å². The smallest absolute Gasteiger partial charge is 0.341 e. The zero-order valence-corrected chi connectivity index (χ0v) is 21.6. The van der Waals surface area contributed by atoms with E-state index in [1.54, 1.807) is 0 Å². The van der Waals surface area contributed by atoms with Crippen molar-refractivity contribution >= 4 is 50.1 Å². The first-order valence-electron chi connectivity index (χ1n) is 8.73. The van der Waals surface area contributed by atoms with Gasteiger partial charge in [0.15, 0.2) is 22.7 Å². The number of alkyl halides is 2. The van der Waals surface area contributed by atoms with E-state index in [4.69, 9.17) is 25.2 Å². The minimum absolute atomic E-state index is 0.00342. The number of ether oxygens (including phenoxy) is 1. The molecule has 0 saturated carbocycles. The molecule has 0 bridgehead atoms. The van der Waals surface area contributed by atoms with Crippen LogP contribution < -0.4 is 0 Å². The molecule has 0 N–H and O–H groups in total. The molecule has 1 saturated heterocycles. The second-order valence-electron chi connectivity index (χ2n) is 9.94. The van der Waals surface area contributed by atoms with Crippen molar-refractivity contribution in [1.29, 1.82) is 0 Å². The highest BCUT2D eigenvalue weighted by Crippen LogP contribution is 2.46. The van der Waals surface area contributed by atoms with Crippen LogP contribution in [0.1, 0.15) is 41.5 Å². The van der Waals surface area contributed by atoms with E-state index in [-0.39, 0.29) is 10.1 Å². The first kappa shape index (κ1) is 23.6. The number of cyclic esters (lactones) is 1. The van der Waals surface area contributed by atoms with Gasteiger partial charge in [0.1, 0.15) is 6.10 Å². The van der Waals surface area contributed by atoms with Gasteiger partial charge < -0.3 is 13.6 Å².